The van der Waals surface area contributed by atoms with Gasteiger partial charge in [-0.05, 0) is 75.8 Å². The molecule has 2 aliphatic heterocycles. The van der Waals surface area contributed by atoms with Crippen LogP contribution in [0.2, 0.25) is 0 Å². The van der Waals surface area contributed by atoms with Gasteiger partial charge in [-0.25, -0.2) is 4.98 Å². The van der Waals surface area contributed by atoms with Gasteiger partial charge in [-0.3, -0.25) is 4.57 Å². The van der Waals surface area contributed by atoms with Crippen LogP contribution in [0, 0.1) is 0 Å². The molecular formula is C52H38N4. The van der Waals surface area contributed by atoms with Gasteiger partial charge in [0.1, 0.15) is 5.54 Å². The molecule has 56 heavy (non-hydrogen) atoms. The van der Waals surface area contributed by atoms with E-state index in [0.29, 0.717) is 0 Å². The van der Waals surface area contributed by atoms with Crippen molar-refractivity contribution in [2.24, 2.45) is 0 Å². The number of para-hydroxylation sites is 4. The Morgan fingerprint density at radius 1 is 0.411 bits per heavy atom. The molecule has 3 heterocycles. The van der Waals surface area contributed by atoms with Gasteiger partial charge in [0, 0.05) is 18.3 Å². The van der Waals surface area contributed by atoms with Gasteiger partial charge >= 0.3 is 0 Å². The van der Waals surface area contributed by atoms with E-state index >= 15 is 0 Å². The lowest BCUT2D eigenvalue weighted by Crippen LogP contribution is -2.50. The summed E-state index contributed by atoms with van der Waals surface area (Å²) in [7, 11) is 2.20. The molecule has 2 aliphatic rings. The molecule has 0 spiro atoms. The fourth-order valence-electron chi connectivity index (χ4n) is 9.87. The topological polar surface area (TPSA) is 24.3 Å². The van der Waals surface area contributed by atoms with E-state index in [1.807, 2.05) is 0 Å². The molecule has 0 saturated carbocycles. The predicted molar refractivity (Wildman–Crippen MR) is 229 cm³/mol. The second kappa shape index (κ2) is 12.4. The Morgan fingerprint density at radius 2 is 0.875 bits per heavy atom. The first-order valence-corrected chi connectivity index (χ1v) is 19.3. The third-order valence-corrected chi connectivity index (χ3v) is 12.1. The largest absolute Gasteiger partial charge is 0.327 e. The van der Waals surface area contributed by atoms with Gasteiger partial charge in [-0.15, -0.1) is 0 Å². The molecule has 9 aromatic rings. The number of imidazole rings is 1. The summed E-state index contributed by atoms with van der Waals surface area (Å²) in [5, 5.41) is 0. The van der Waals surface area contributed by atoms with Crippen molar-refractivity contribution in [2.45, 2.75) is 11.0 Å². The van der Waals surface area contributed by atoms with E-state index in [1.165, 1.54) is 38.9 Å². The second-order valence-electron chi connectivity index (χ2n) is 14.8. The van der Waals surface area contributed by atoms with Crippen LogP contribution in [-0.4, -0.2) is 16.6 Å². The lowest BCUT2D eigenvalue weighted by Gasteiger charge is -2.49. The summed E-state index contributed by atoms with van der Waals surface area (Å²) in [5.74, 6) is 0.906. The quantitative estimate of drug-likeness (QED) is 0.177. The van der Waals surface area contributed by atoms with Crippen molar-refractivity contribution < 1.29 is 0 Å². The van der Waals surface area contributed by atoms with Crippen molar-refractivity contribution in [3.8, 4) is 5.69 Å². The van der Waals surface area contributed by atoms with Crippen LogP contribution >= 0.6 is 0 Å². The fraction of sp³-hybridized carbons (Fsp3) is 0.0577. The minimum Gasteiger partial charge on any atom is -0.327 e. The van der Waals surface area contributed by atoms with Gasteiger partial charge in [0.25, 0.3) is 0 Å². The van der Waals surface area contributed by atoms with Gasteiger partial charge < -0.3 is 9.80 Å². The van der Waals surface area contributed by atoms with E-state index in [4.69, 9.17) is 4.98 Å². The molecule has 0 radical (unpaired) electrons. The highest BCUT2D eigenvalue weighted by atomic mass is 15.4. The van der Waals surface area contributed by atoms with E-state index in [0.717, 1.165) is 39.7 Å². The second-order valence-corrected chi connectivity index (χ2v) is 14.8. The van der Waals surface area contributed by atoms with Crippen molar-refractivity contribution in [2.75, 3.05) is 16.8 Å². The predicted octanol–water partition coefficient (Wildman–Crippen LogP) is 11.9. The third kappa shape index (κ3) is 4.32. The number of benzene rings is 8. The molecule has 0 amide bonds. The van der Waals surface area contributed by atoms with Crippen molar-refractivity contribution in [1.82, 2.24) is 9.55 Å². The van der Waals surface area contributed by atoms with Gasteiger partial charge in [0.05, 0.1) is 33.5 Å². The molecule has 4 nitrogen and oxygen atoms in total. The van der Waals surface area contributed by atoms with Crippen LogP contribution in [0.3, 0.4) is 0 Å². The summed E-state index contributed by atoms with van der Waals surface area (Å²) in [6, 6.07) is 77.4. The maximum absolute atomic E-state index is 5.30. The molecule has 0 unspecified atom stereocenters. The van der Waals surface area contributed by atoms with E-state index in [9.17, 15) is 0 Å². The molecule has 1 aromatic heterocycles. The summed E-state index contributed by atoms with van der Waals surface area (Å²) < 4.78 is 2.34. The molecule has 0 fully saturated rings. The Morgan fingerprint density at radius 3 is 1.43 bits per heavy atom. The molecule has 0 saturated heterocycles. The van der Waals surface area contributed by atoms with Crippen LogP contribution in [0.5, 0.6) is 0 Å². The van der Waals surface area contributed by atoms with Crippen molar-refractivity contribution in [3.05, 3.63) is 251 Å². The number of nitrogens with zero attached hydrogens (tertiary/aromatic N) is 4. The molecule has 11 rings (SSSR count). The van der Waals surface area contributed by atoms with Crippen LogP contribution in [0.25, 0.3) is 16.7 Å². The molecule has 0 aliphatic carbocycles. The Labute approximate surface area is 327 Å². The van der Waals surface area contributed by atoms with Gasteiger partial charge in [0.15, 0.2) is 0 Å². The molecule has 0 atom stereocenters. The number of fused-ring (bicyclic) bond motifs is 7. The van der Waals surface area contributed by atoms with Crippen LogP contribution < -0.4 is 9.80 Å². The average Bonchev–Trinajstić information content (AvgIpc) is 3.67. The smallest absolute Gasteiger partial charge is 0.212 e. The maximum atomic E-state index is 5.30. The number of hydrogen-bond donors (Lipinski definition) is 0. The minimum absolute atomic E-state index is 0.539. The van der Waals surface area contributed by atoms with Gasteiger partial charge in [0.2, 0.25) is 5.95 Å². The highest BCUT2D eigenvalue weighted by Gasteiger charge is 2.49. The number of anilines is 4. The number of aromatic nitrogens is 2. The zero-order valence-electron chi connectivity index (χ0n) is 31.0. The zero-order valence-corrected chi connectivity index (χ0v) is 31.0. The standard InChI is InChI=1S/C52H38N4/c1-54-50-53-45-30-16-19-33-49(45)56(50)48-35-34-41(36-44(48)52(54,39-24-10-4-11-25-39)40-26-12-5-13-27-40)55-46-31-17-14-28-42(46)51(37-20-6-2-7-21-37,38-22-8-3-9-23-38)43-29-15-18-32-47(43)55/h2-36H,1H3. The zero-order chi connectivity index (χ0) is 37.3. The van der Waals surface area contributed by atoms with Crippen molar-refractivity contribution in [3.63, 3.8) is 0 Å². The summed E-state index contributed by atoms with van der Waals surface area (Å²) in [4.78, 5) is 10.2. The lowest BCUT2D eigenvalue weighted by molar-refractivity contribution is 0.564. The first-order chi connectivity index (χ1) is 27.7. The molecule has 0 N–H and O–H groups in total. The first kappa shape index (κ1) is 32.3. The summed E-state index contributed by atoms with van der Waals surface area (Å²) in [6.45, 7) is 0. The normalized spacial score (nSPS) is 14.7. The van der Waals surface area contributed by atoms with E-state index < -0.39 is 11.0 Å². The monoisotopic (exact) mass is 718 g/mol. The summed E-state index contributed by atoms with van der Waals surface area (Å²) in [5.41, 5.74) is 13.8. The van der Waals surface area contributed by atoms with E-state index in [2.05, 4.69) is 234 Å². The Kier molecular flexibility index (Phi) is 7.17. The minimum atomic E-state index is -0.697. The maximum Gasteiger partial charge on any atom is 0.212 e. The van der Waals surface area contributed by atoms with Gasteiger partial charge in [-0.2, -0.15) is 0 Å². The SMILES string of the molecule is CN1c2nc3ccccc3n2-c2ccc(N3c4ccccc4C(c4ccccc4)(c4ccccc4)c4ccccc43)cc2C1(c1ccccc1)c1ccccc1. The Bertz CT molecular complexity index is 2750. The molecule has 4 heteroatoms. The fourth-order valence-corrected chi connectivity index (χ4v) is 9.87. The average molecular weight is 719 g/mol. The van der Waals surface area contributed by atoms with Gasteiger partial charge in [-0.1, -0.05) is 170 Å². The molecule has 0 bridgehead atoms. The summed E-state index contributed by atoms with van der Waals surface area (Å²) >= 11 is 0. The summed E-state index contributed by atoms with van der Waals surface area (Å²) in [6.07, 6.45) is 0. The molecule has 8 aromatic carbocycles. The van der Waals surface area contributed by atoms with E-state index in [-0.39, 0.29) is 0 Å². The third-order valence-electron chi connectivity index (χ3n) is 12.1. The molecule has 266 valence electrons. The van der Waals surface area contributed by atoms with Crippen molar-refractivity contribution in [1.29, 1.82) is 0 Å². The first-order valence-electron chi connectivity index (χ1n) is 19.3. The van der Waals surface area contributed by atoms with E-state index in [1.54, 1.807) is 0 Å². The number of hydrogen-bond acceptors (Lipinski definition) is 3. The highest BCUT2D eigenvalue weighted by molar-refractivity contribution is 5.91. The Hall–Kier alpha value is -7.17. The van der Waals surface area contributed by atoms with Crippen LogP contribution in [0.15, 0.2) is 212 Å². The van der Waals surface area contributed by atoms with Crippen LogP contribution in [-0.2, 0) is 11.0 Å². The van der Waals surface area contributed by atoms with Crippen molar-refractivity contribution >= 4 is 34.0 Å². The lowest BCUT2D eigenvalue weighted by atomic mass is 9.62. The Balaban J connectivity index is 1.24. The number of rotatable bonds is 5. The van der Waals surface area contributed by atoms with Crippen LogP contribution in [0.4, 0.5) is 23.0 Å². The van der Waals surface area contributed by atoms with Crippen LogP contribution in [0.1, 0.15) is 38.9 Å². The molecular weight excluding hydrogens is 681 g/mol. The highest BCUT2D eigenvalue weighted by Crippen LogP contribution is 2.59.